The second-order valence-corrected chi connectivity index (χ2v) is 6.02. The Hall–Kier alpha value is -0.930. The van der Waals surface area contributed by atoms with Crippen LogP contribution in [0.4, 0.5) is 4.39 Å². The number of nitrogens with one attached hydrogen (secondary N) is 2. The van der Waals surface area contributed by atoms with Gasteiger partial charge in [0.15, 0.2) is 5.96 Å². The fraction of sp³-hybridized carbons (Fsp3) is 0.611. The Morgan fingerprint density at radius 1 is 1.36 bits per heavy atom. The molecular formula is C18H32FIN4O. The van der Waals surface area contributed by atoms with E-state index in [1.807, 2.05) is 13.0 Å². The van der Waals surface area contributed by atoms with Crippen molar-refractivity contribution in [1.82, 2.24) is 15.5 Å². The molecule has 0 saturated carbocycles. The SMILES string of the molecule is CN=C(NCCCN(C)CCOC)NC(C)c1ccc(C)c(F)c1.I. The van der Waals surface area contributed by atoms with Crippen molar-refractivity contribution >= 4 is 29.9 Å². The quantitative estimate of drug-likeness (QED) is 0.254. The predicted molar refractivity (Wildman–Crippen MR) is 113 cm³/mol. The van der Waals surface area contributed by atoms with Gasteiger partial charge in [-0.25, -0.2) is 4.39 Å². The number of rotatable bonds is 9. The number of aliphatic imine (C=N–C) groups is 1. The van der Waals surface area contributed by atoms with Crippen LogP contribution in [0.2, 0.25) is 0 Å². The smallest absolute Gasteiger partial charge is 0.191 e. The predicted octanol–water partition coefficient (Wildman–Crippen LogP) is 2.95. The molecule has 0 fully saturated rings. The Balaban J connectivity index is 0.00000576. The third kappa shape index (κ3) is 9.37. The van der Waals surface area contributed by atoms with Gasteiger partial charge in [-0.05, 0) is 51.1 Å². The summed E-state index contributed by atoms with van der Waals surface area (Å²) in [7, 11) is 5.54. The molecule has 0 aliphatic rings. The van der Waals surface area contributed by atoms with Crippen molar-refractivity contribution in [2.45, 2.75) is 26.3 Å². The maximum Gasteiger partial charge on any atom is 0.191 e. The van der Waals surface area contributed by atoms with Crippen LogP contribution in [-0.4, -0.2) is 58.3 Å². The van der Waals surface area contributed by atoms with Crippen LogP contribution < -0.4 is 10.6 Å². The molecule has 0 spiro atoms. The summed E-state index contributed by atoms with van der Waals surface area (Å²) < 4.78 is 18.7. The topological polar surface area (TPSA) is 48.9 Å². The van der Waals surface area contributed by atoms with Crippen LogP contribution in [-0.2, 0) is 4.74 Å². The number of aryl methyl sites for hydroxylation is 1. The minimum Gasteiger partial charge on any atom is -0.383 e. The first kappa shape index (κ1) is 24.1. The monoisotopic (exact) mass is 466 g/mol. The maximum absolute atomic E-state index is 13.7. The van der Waals surface area contributed by atoms with Crippen LogP contribution in [0.1, 0.15) is 30.5 Å². The van der Waals surface area contributed by atoms with Crippen LogP contribution in [0.3, 0.4) is 0 Å². The van der Waals surface area contributed by atoms with E-state index in [0.717, 1.165) is 44.2 Å². The number of ether oxygens (including phenoxy) is 1. The van der Waals surface area contributed by atoms with E-state index < -0.39 is 0 Å². The van der Waals surface area contributed by atoms with Gasteiger partial charge in [-0.1, -0.05) is 12.1 Å². The molecule has 0 saturated heterocycles. The average molecular weight is 466 g/mol. The largest absolute Gasteiger partial charge is 0.383 e. The van der Waals surface area contributed by atoms with Crippen molar-refractivity contribution in [3.8, 4) is 0 Å². The summed E-state index contributed by atoms with van der Waals surface area (Å²) in [6, 6.07) is 5.30. The lowest BCUT2D eigenvalue weighted by molar-refractivity contribution is 0.161. The molecule has 0 aromatic heterocycles. The van der Waals surface area contributed by atoms with Crippen molar-refractivity contribution in [3.63, 3.8) is 0 Å². The zero-order valence-corrected chi connectivity index (χ0v) is 18.3. The summed E-state index contributed by atoms with van der Waals surface area (Å²) in [5, 5.41) is 6.59. The summed E-state index contributed by atoms with van der Waals surface area (Å²) in [4.78, 5) is 6.46. The number of benzene rings is 1. The van der Waals surface area contributed by atoms with Crippen LogP contribution in [0, 0.1) is 12.7 Å². The number of methoxy groups -OCH3 is 1. The summed E-state index contributed by atoms with van der Waals surface area (Å²) >= 11 is 0. The van der Waals surface area contributed by atoms with Crippen molar-refractivity contribution in [2.24, 2.45) is 4.99 Å². The number of likely N-dealkylation sites (N-methyl/N-ethyl adjacent to an activating group) is 1. The molecule has 1 aromatic carbocycles. The van der Waals surface area contributed by atoms with E-state index in [4.69, 9.17) is 4.74 Å². The van der Waals surface area contributed by atoms with Crippen LogP contribution in [0.5, 0.6) is 0 Å². The van der Waals surface area contributed by atoms with Gasteiger partial charge in [-0.2, -0.15) is 0 Å². The first-order valence-corrected chi connectivity index (χ1v) is 8.38. The standard InChI is InChI=1S/C18H31FN4O.HI/c1-14-7-8-16(13-17(14)19)15(2)22-18(20-3)21-9-6-10-23(4)11-12-24-5;/h7-8,13,15H,6,9-12H2,1-5H3,(H2,20,21,22);1H. The zero-order chi connectivity index (χ0) is 17.9. The van der Waals surface area contributed by atoms with Gasteiger partial charge < -0.3 is 20.3 Å². The van der Waals surface area contributed by atoms with Gasteiger partial charge >= 0.3 is 0 Å². The summed E-state index contributed by atoms with van der Waals surface area (Å²) in [6.45, 7) is 7.26. The average Bonchev–Trinajstić information content (AvgIpc) is 2.57. The molecule has 5 nitrogen and oxygen atoms in total. The second-order valence-electron chi connectivity index (χ2n) is 6.02. The molecular weight excluding hydrogens is 434 g/mol. The van der Waals surface area contributed by atoms with Crippen LogP contribution >= 0.6 is 24.0 Å². The van der Waals surface area contributed by atoms with Crippen molar-refractivity contribution in [3.05, 3.63) is 35.1 Å². The number of halogens is 2. The molecule has 0 aliphatic heterocycles. The molecule has 0 radical (unpaired) electrons. The summed E-state index contributed by atoms with van der Waals surface area (Å²) in [5.74, 6) is 0.547. The summed E-state index contributed by atoms with van der Waals surface area (Å²) in [6.07, 6.45) is 1.01. The lowest BCUT2D eigenvalue weighted by atomic mass is 10.1. The molecule has 1 aromatic rings. The van der Waals surface area contributed by atoms with Gasteiger partial charge in [0.2, 0.25) is 0 Å². The molecule has 0 heterocycles. The van der Waals surface area contributed by atoms with E-state index in [1.54, 1.807) is 33.2 Å². The minimum atomic E-state index is -0.178. The Labute approximate surface area is 168 Å². The third-order valence-electron chi connectivity index (χ3n) is 3.96. The molecule has 1 unspecified atom stereocenters. The minimum absolute atomic E-state index is 0. The molecule has 0 amide bonds. The highest BCUT2D eigenvalue weighted by molar-refractivity contribution is 14.0. The Morgan fingerprint density at radius 3 is 2.68 bits per heavy atom. The van der Waals surface area contributed by atoms with Gasteiger partial charge in [0, 0.05) is 27.2 Å². The molecule has 144 valence electrons. The van der Waals surface area contributed by atoms with Crippen molar-refractivity contribution in [2.75, 3.05) is 47.4 Å². The van der Waals surface area contributed by atoms with E-state index in [9.17, 15) is 4.39 Å². The summed E-state index contributed by atoms with van der Waals surface area (Å²) in [5.41, 5.74) is 1.56. The molecule has 2 N–H and O–H groups in total. The van der Waals surface area contributed by atoms with E-state index in [2.05, 4.69) is 27.6 Å². The zero-order valence-electron chi connectivity index (χ0n) is 15.9. The highest BCUT2D eigenvalue weighted by Gasteiger charge is 2.09. The van der Waals surface area contributed by atoms with E-state index in [0.29, 0.717) is 5.56 Å². The van der Waals surface area contributed by atoms with Gasteiger partial charge in [-0.3, -0.25) is 4.99 Å². The molecule has 1 rings (SSSR count). The van der Waals surface area contributed by atoms with Crippen LogP contribution in [0.25, 0.3) is 0 Å². The Kier molecular flexibility index (Phi) is 12.8. The third-order valence-corrected chi connectivity index (χ3v) is 3.96. The number of nitrogens with zero attached hydrogens (tertiary/aromatic N) is 2. The van der Waals surface area contributed by atoms with Gasteiger partial charge in [-0.15, -0.1) is 24.0 Å². The Bertz CT molecular complexity index is 528. The van der Waals surface area contributed by atoms with Crippen molar-refractivity contribution in [1.29, 1.82) is 0 Å². The van der Waals surface area contributed by atoms with Crippen molar-refractivity contribution < 1.29 is 9.13 Å². The van der Waals surface area contributed by atoms with Gasteiger partial charge in [0.05, 0.1) is 12.6 Å². The van der Waals surface area contributed by atoms with E-state index in [1.165, 1.54) is 0 Å². The first-order chi connectivity index (χ1) is 11.5. The lowest BCUT2D eigenvalue weighted by Gasteiger charge is -2.20. The van der Waals surface area contributed by atoms with E-state index >= 15 is 0 Å². The van der Waals surface area contributed by atoms with E-state index in [-0.39, 0.29) is 35.8 Å². The molecule has 25 heavy (non-hydrogen) atoms. The van der Waals surface area contributed by atoms with Crippen LogP contribution in [0.15, 0.2) is 23.2 Å². The fourth-order valence-electron chi connectivity index (χ4n) is 2.28. The molecule has 0 aliphatic carbocycles. The number of guanidine groups is 1. The highest BCUT2D eigenvalue weighted by atomic mass is 127. The first-order valence-electron chi connectivity index (χ1n) is 8.38. The lowest BCUT2D eigenvalue weighted by Crippen LogP contribution is -2.40. The molecule has 0 bridgehead atoms. The molecule has 1 atom stereocenters. The Morgan fingerprint density at radius 2 is 2.08 bits per heavy atom. The fourth-order valence-corrected chi connectivity index (χ4v) is 2.28. The normalized spacial score (nSPS) is 12.7. The number of hydrogen-bond donors (Lipinski definition) is 2. The maximum atomic E-state index is 13.7. The highest BCUT2D eigenvalue weighted by Crippen LogP contribution is 2.16. The number of hydrogen-bond acceptors (Lipinski definition) is 3. The van der Waals surface area contributed by atoms with Gasteiger partial charge in [0.1, 0.15) is 5.82 Å². The molecule has 7 heteroatoms. The second kappa shape index (κ2) is 13.3. The van der Waals surface area contributed by atoms with Gasteiger partial charge in [0.25, 0.3) is 0 Å².